The first-order chi connectivity index (χ1) is 14.1. The number of rotatable bonds is 6. The van der Waals surface area contributed by atoms with Crippen LogP contribution in [0.25, 0.3) is 5.69 Å². The van der Waals surface area contributed by atoms with Crippen LogP contribution in [0, 0.1) is 5.82 Å². The van der Waals surface area contributed by atoms with E-state index in [0.29, 0.717) is 17.1 Å². The largest absolute Gasteiger partial charge is 0.298 e. The maximum absolute atomic E-state index is 13.2. The van der Waals surface area contributed by atoms with Gasteiger partial charge < -0.3 is 0 Å². The molecule has 1 fully saturated rings. The zero-order chi connectivity index (χ0) is 20.2. The van der Waals surface area contributed by atoms with Gasteiger partial charge in [0.2, 0.25) is 0 Å². The van der Waals surface area contributed by atoms with E-state index in [-0.39, 0.29) is 11.7 Å². The van der Waals surface area contributed by atoms with Gasteiger partial charge in [-0.15, -0.1) is 11.3 Å². The van der Waals surface area contributed by atoms with Crippen molar-refractivity contribution >= 4 is 22.4 Å². The van der Waals surface area contributed by atoms with Gasteiger partial charge in [0.25, 0.3) is 5.91 Å². The summed E-state index contributed by atoms with van der Waals surface area (Å²) < 4.78 is 14.9. The smallest absolute Gasteiger partial charge is 0.260 e. The Morgan fingerprint density at radius 3 is 2.69 bits per heavy atom. The third-order valence-corrected chi connectivity index (χ3v) is 5.93. The molecule has 152 valence electrons. The molecule has 0 aliphatic carbocycles. The number of anilines is 1. The molecular weight excluding hydrogens is 389 g/mol. The first kappa shape index (κ1) is 19.7. The minimum absolute atomic E-state index is 0.228. The standard InChI is InChI=1S/C21H24FN5OS/c1-2-19-18(12-23-27(19)17-8-6-15(22)7-9-17)20(28)25-21-24-16(14-29-21)13-26-10-4-3-5-11-26/h6-9,12,14H,2-5,10-11,13H2,1H3,(H,24,25,28). The molecule has 3 aromatic rings. The van der Waals surface area contributed by atoms with E-state index in [1.807, 2.05) is 12.3 Å². The van der Waals surface area contributed by atoms with Gasteiger partial charge in [-0.25, -0.2) is 14.1 Å². The minimum atomic E-state index is -0.305. The minimum Gasteiger partial charge on any atom is -0.298 e. The molecule has 1 N–H and O–H groups in total. The number of hydrogen-bond donors (Lipinski definition) is 1. The van der Waals surface area contributed by atoms with Gasteiger partial charge in [0, 0.05) is 11.9 Å². The number of likely N-dealkylation sites (tertiary alicyclic amines) is 1. The van der Waals surface area contributed by atoms with Crippen LogP contribution in [0.3, 0.4) is 0 Å². The number of thiazole rings is 1. The fourth-order valence-electron chi connectivity index (χ4n) is 3.66. The van der Waals surface area contributed by atoms with Gasteiger partial charge in [-0.1, -0.05) is 13.3 Å². The number of halogens is 1. The number of aromatic nitrogens is 3. The molecule has 1 saturated heterocycles. The maximum Gasteiger partial charge on any atom is 0.260 e. The van der Waals surface area contributed by atoms with E-state index in [9.17, 15) is 9.18 Å². The summed E-state index contributed by atoms with van der Waals surface area (Å²) in [6.45, 7) is 5.02. The molecule has 0 spiro atoms. The van der Waals surface area contributed by atoms with Crippen molar-refractivity contribution in [2.45, 2.75) is 39.2 Å². The quantitative estimate of drug-likeness (QED) is 0.656. The normalized spacial score (nSPS) is 14.8. The molecule has 2 aromatic heterocycles. The van der Waals surface area contributed by atoms with Crippen LogP contribution in [0.15, 0.2) is 35.8 Å². The van der Waals surface area contributed by atoms with E-state index < -0.39 is 0 Å². The Morgan fingerprint density at radius 1 is 1.21 bits per heavy atom. The average Bonchev–Trinajstić information content (AvgIpc) is 3.36. The van der Waals surface area contributed by atoms with E-state index in [1.54, 1.807) is 23.0 Å². The van der Waals surface area contributed by atoms with Crippen molar-refractivity contribution in [1.29, 1.82) is 0 Å². The predicted octanol–water partition coefficient (Wildman–Crippen LogP) is 4.27. The molecule has 3 heterocycles. The highest BCUT2D eigenvalue weighted by Crippen LogP contribution is 2.21. The monoisotopic (exact) mass is 413 g/mol. The van der Waals surface area contributed by atoms with Gasteiger partial charge >= 0.3 is 0 Å². The van der Waals surface area contributed by atoms with Gasteiger partial charge in [-0.05, 0) is 56.6 Å². The number of carbonyl (C=O) groups is 1. The third kappa shape index (κ3) is 4.54. The molecular formula is C21H24FN5OS. The zero-order valence-electron chi connectivity index (χ0n) is 16.4. The van der Waals surface area contributed by atoms with E-state index >= 15 is 0 Å². The van der Waals surface area contributed by atoms with Crippen molar-refractivity contribution in [2.24, 2.45) is 0 Å². The first-order valence-corrected chi connectivity index (χ1v) is 10.8. The van der Waals surface area contributed by atoms with Crippen LogP contribution in [0.4, 0.5) is 9.52 Å². The van der Waals surface area contributed by atoms with Crippen LogP contribution in [0.1, 0.15) is 47.9 Å². The highest BCUT2D eigenvalue weighted by molar-refractivity contribution is 7.14. The average molecular weight is 414 g/mol. The lowest BCUT2D eigenvalue weighted by molar-refractivity contribution is 0.102. The second kappa shape index (κ2) is 8.84. The number of nitrogens with zero attached hydrogens (tertiary/aromatic N) is 4. The molecule has 0 radical (unpaired) electrons. The lowest BCUT2D eigenvalue weighted by Gasteiger charge is -2.25. The fourth-order valence-corrected chi connectivity index (χ4v) is 4.35. The van der Waals surface area contributed by atoms with Crippen LogP contribution >= 0.6 is 11.3 Å². The third-order valence-electron chi connectivity index (χ3n) is 5.13. The van der Waals surface area contributed by atoms with Crippen LogP contribution in [0.2, 0.25) is 0 Å². The Bertz CT molecular complexity index is 975. The molecule has 1 aliphatic rings. The van der Waals surface area contributed by atoms with Crippen LogP contribution < -0.4 is 5.32 Å². The lowest BCUT2D eigenvalue weighted by atomic mass is 10.1. The summed E-state index contributed by atoms with van der Waals surface area (Å²) in [6, 6.07) is 6.07. The van der Waals surface area contributed by atoms with Crippen molar-refractivity contribution < 1.29 is 9.18 Å². The van der Waals surface area contributed by atoms with Crippen molar-refractivity contribution in [3.63, 3.8) is 0 Å². The molecule has 1 aromatic carbocycles. The molecule has 0 unspecified atom stereocenters. The van der Waals surface area contributed by atoms with Crippen molar-refractivity contribution in [3.05, 3.63) is 58.6 Å². The van der Waals surface area contributed by atoms with Gasteiger partial charge in [0.15, 0.2) is 5.13 Å². The molecule has 1 amide bonds. The summed E-state index contributed by atoms with van der Waals surface area (Å²) in [4.78, 5) is 19.8. The van der Waals surface area contributed by atoms with Gasteiger partial charge in [-0.2, -0.15) is 5.10 Å². The molecule has 0 saturated carbocycles. The number of nitrogens with one attached hydrogen (secondary N) is 1. The zero-order valence-corrected chi connectivity index (χ0v) is 17.2. The fraction of sp³-hybridized carbons (Fsp3) is 0.381. The Morgan fingerprint density at radius 2 is 1.97 bits per heavy atom. The second-order valence-corrected chi connectivity index (χ2v) is 8.04. The summed E-state index contributed by atoms with van der Waals surface area (Å²) in [6.07, 6.45) is 5.97. The molecule has 4 rings (SSSR count). The van der Waals surface area contributed by atoms with Gasteiger partial charge in [-0.3, -0.25) is 15.0 Å². The summed E-state index contributed by atoms with van der Waals surface area (Å²) in [7, 11) is 0. The summed E-state index contributed by atoms with van der Waals surface area (Å²) in [5.41, 5.74) is 2.99. The maximum atomic E-state index is 13.2. The molecule has 6 nitrogen and oxygen atoms in total. The molecule has 0 bridgehead atoms. The topological polar surface area (TPSA) is 63.1 Å². The Hall–Kier alpha value is -2.58. The highest BCUT2D eigenvalue weighted by Gasteiger charge is 2.19. The SMILES string of the molecule is CCc1c(C(=O)Nc2nc(CN3CCCCC3)cs2)cnn1-c1ccc(F)cc1. The molecule has 1 aliphatic heterocycles. The highest BCUT2D eigenvalue weighted by atomic mass is 32.1. The number of benzene rings is 1. The van der Waals surface area contributed by atoms with E-state index in [1.165, 1.54) is 42.7 Å². The Balaban J connectivity index is 1.46. The summed E-state index contributed by atoms with van der Waals surface area (Å²) in [5.74, 6) is -0.532. The number of piperidine rings is 1. The van der Waals surface area contributed by atoms with Gasteiger partial charge in [0.1, 0.15) is 5.82 Å². The summed E-state index contributed by atoms with van der Waals surface area (Å²) >= 11 is 1.44. The summed E-state index contributed by atoms with van der Waals surface area (Å²) in [5, 5.41) is 9.85. The van der Waals surface area contributed by atoms with Crippen molar-refractivity contribution in [1.82, 2.24) is 19.7 Å². The molecule has 29 heavy (non-hydrogen) atoms. The van der Waals surface area contributed by atoms with Crippen molar-refractivity contribution in [3.8, 4) is 5.69 Å². The van der Waals surface area contributed by atoms with E-state index in [0.717, 1.165) is 36.7 Å². The van der Waals surface area contributed by atoms with Gasteiger partial charge in [0.05, 0.1) is 28.8 Å². The number of hydrogen-bond acceptors (Lipinski definition) is 5. The number of amides is 1. The molecule has 0 atom stereocenters. The number of carbonyl (C=O) groups excluding carboxylic acids is 1. The lowest BCUT2D eigenvalue weighted by Crippen LogP contribution is -2.29. The molecule has 8 heteroatoms. The Labute approximate surface area is 173 Å². The predicted molar refractivity (Wildman–Crippen MR) is 112 cm³/mol. The first-order valence-electron chi connectivity index (χ1n) is 9.95. The van der Waals surface area contributed by atoms with Crippen LogP contribution in [-0.2, 0) is 13.0 Å². The van der Waals surface area contributed by atoms with Crippen molar-refractivity contribution in [2.75, 3.05) is 18.4 Å². The van der Waals surface area contributed by atoms with Crippen LogP contribution in [0.5, 0.6) is 0 Å². The van der Waals surface area contributed by atoms with E-state index in [4.69, 9.17) is 0 Å². The van der Waals surface area contributed by atoms with Crippen LogP contribution in [-0.4, -0.2) is 38.7 Å². The second-order valence-electron chi connectivity index (χ2n) is 7.18. The van der Waals surface area contributed by atoms with E-state index in [2.05, 4.69) is 20.3 Å². The Kier molecular flexibility index (Phi) is 6.01.